The third-order valence-corrected chi connectivity index (χ3v) is 7.21. The van der Waals surface area contributed by atoms with Crippen LogP contribution in [0.3, 0.4) is 0 Å². The van der Waals surface area contributed by atoms with Gasteiger partial charge >= 0.3 is 0 Å². The van der Waals surface area contributed by atoms with Gasteiger partial charge in [-0.05, 0) is 30.2 Å². The van der Waals surface area contributed by atoms with Gasteiger partial charge in [0, 0.05) is 47.7 Å². The lowest BCUT2D eigenvalue weighted by Gasteiger charge is -2.33. The molecule has 0 saturated carbocycles. The first-order valence-corrected chi connectivity index (χ1v) is 12.5. The fraction of sp³-hybridized carbons (Fsp3) is 0.440. The summed E-state index contributed by atoms with van der Waals surface area (Å²) in [4.78, 5) is 27.1. The van der Waals surface area contributed by atoms with Crippen molar-refractivity contribution in [3.8, 4) is 5.13 Å². The fourth-order valence-electron chi connectivity index (χ4n) is 4.49. The molecule has 0 fully saturated rings. The molecule has 1 aromatic carbocycles. The van der Waals surface area contributed by atoms with Crippen molar-refractivity contribution >= 4 is 34.0 Å². The van der Waals surface area contributed by atoms with E-state index in [-0.39, 0.29) is 16.4 Å². The number of anilines is 2. The van der Waals surface area contributed by atoms with E-state index in [1.807, 2.05) is 11.6 Å². The van der Waals surface area contributed by atoms with Crippen LogP contribution in [0.1, 0.15) is 58.4 Å². The molecule has 9 heteroatoms. The van der Waals surface area contributed by atoms with Crippen molar-refractivity contribution in [3.05, 3.63) is 57.0 Å². The molecule has 1 aliphatic heterocycles. The summed E-state index contributed by atoms with van der Waals surface area (Å²) in [7, 11) is 0. The highest BCUT2D eigenvalue weighted by atomic mass is 32.1. The molecule has 4 aromatic rings. The molecule has 3 aromatic heterocycles. The van der Waals surface area contributed by atoms with Gasteiger partial charge in [-0.25, -0.2) is 19.3 Å². The maximum atomic E-state index is 13.1. The summed E-state index contributed by atoms with van der Waals surface area (Å²) >= 11 is 1.52. The second kappa shape index (κ2) is 8.02. The zero-order valence-corrected chi connectivity index (χ0v) is 21.4. The standard InChI is InChI=1S/C25H31N7OS/c1-7-31-21(33)17-12-27-22(28-16-8-9-18-15(10-16)11-26-14-25(18,5)6)30-20(17)32(31)23-29-19(13-34-23)24(2,3)4/h8-10,12-13,26H,7,11,14H2,1-6H3,(H,27,28,30). The number of hydrogen-bond donors (Lipinski definition) is 2. The van der Waals surface area contributed by atoms with E-state index in [4.69, 9.17) is 9.97 Å². The molecule has 0 radical (unpaired) electrons. The van der Waals surface area contributed by atoms with Crippen molar-refractivity contribution in [3.63, 3.8) is 0 Å². The highest BCUT2D eigenvalue weighted by molar-refractivity contribution is 7.12. The minimum Gasteiger partial charge on any atom is -0.324 e. The summed E-state index contributed by atoms with van der Waals surface area (Å²) in [5, 5.41) is 10.1. The summed E-state index contributed by atoms with van der Waals surface area (Å²) < 4.78 is 3.49. The number of thiazole rings is 1. The van der Waals surface area contributed by atoms with Crippen LogP contribution in [0, 0.1) is 0 Å². The topological polar surface area (TPSA) is 89.7 Å². The Bertz CT molecular complexity index is 1440. The lowest BCUT2D eigenvalue weighted by atomic mass is 9.79. The van der Waals surface area contributed by atoms with Crippen molar-refractivity contribution in [2.75, 3.05) is 11.9 Å². The van der Waals surface area contributed by atoms with Crippen LogP contribution in [0.15, 0.2) is 34.6 Å². The van der Waals surface area contributed by atoms with Gasteiger partial charge in [-0.15, -0.1) is 11.3 Å². The summed E-state index contributed by atoms with van der Waals surface area (Å²) in [6.45, 7) is 15.2. The van der Waals surface area contributed by atoms with Crippen LogP contribution in [-0.4, -0.2) is 30.9 Å². The zero-order valence-electron chi connectivity index (χ0n) is 20.6. The molecule has 5 rings (SSSR count). The second-order valence-corrected chi connectivity index (χ2v) is 11.3. The van der Waals surface area contributed by atoms with E-state index in [1.165, 1.54) is 22.5 Å². The van der Waals surface area contributed by atoms with E-state index < -0.39 is 0 Å². The molecule has 0 unspecified atom stereocenters. The van der Waals surface area contributed by atoms with Gasteiger partial charge in [0.05, 0.1) is 5.69 Å². The number of rotatable bonds is 4. The third kappa shape index (κ3) is 3.82. The number of nitrogens with one attached hydrogen (secondary N) is 2. The smallest absolute Gasteiger partial charge is 0.278 e. The molecule has 0 saturated heterocycles. The van der Waals surface area contributed by atoms with Gasteiger partial charge in [0.2, 0.25) is 11.1 Å². The Hall–Kier alpha value is -3.04. The first kappa shape index (κ1) is 22.7. The number of fused-ring (bicyclic) bond motifs is 2. The Morgan fingerprint density at radius 1 is 1.24 bits per heavy atom. The monoisotopic (exact) mass is 477 g/mol. The predicted octanol–water partition coefficient (Wildman–Crippen LogP) is 4.48. The van der Waals surface area contributed by atoms with E-state index in [0.29, 0.717) is 23.5 Å². The lowest BCUT2D eigenvalue weighted by Crippen LogP contribution is -2.38. The molecule has 0 spiro atoms. The van der Waals surface area contributed by atoms with E-state index in [0.717, 1.165) is 29.6 Å². The molecule has 4 heterocycles. The van der Waals surface area contributed by atoms with E-state index in [9.17, 15) is 4.79 Å². The van der Waals surface area contributed by atoms with Crippen LogP contribution in [-0.2, 0) is 23.9 Å². The van der Waals surface area contributed by atoms with Gasteiger partial charge in [-0.1, -0.05) is 40.7 Å². The van der Waals surface area contributed by atoms with Gasteiger partial charge in [-0.3, -0.25) is 4.79 Å². The Morgan fingerprint density at radius 3 is 2.74 bits per heavy atom. The fourth-order valence-corrected chi connectivity index (χ4v) is 5.55. The van der Waals surface area contributed by atoms with Crippen molar-refractivity contribution in [2.24, 2.45) is 0 Å². The average molecular weight is 478 g/mol. The van der Waals surface area contributed by atoms with Crippen molar-refractivity contribution in [1.82, 2.24) is 29.6 Å². The number of hydrogen-bond acceptors (Lipinski definition) is 7. The van der Waals surface area contributed by atoms with Crippen LogP contribution in [0.5, 0.6) is 0 Å². The summed E-state index contributed by atoms with van der Waals surface area (Å²) in [6, 6.07) is 6.40. The quantitative estimate of drug-likeness (QED) is 0.450. The normalized spacial score (nSPS) is 15.5. The maximum Gasteiger partial charge on any atom is 0.278 e. The lowest BCUT2D eigenvalue weighted by molar-refractivity contribution is 0.435. The van der Waals surface area contributed by atoms with E-state index in [2.05, 4.69) is 73.8 Å². The number of aromatic nitrogens is 5. The average Bonchev–Trinajstić information content (AvgIpc) is 3.36. The Kier molecular flexibility index (Phi) is 5.37. The molecule has 2 N–H and O–H groups in total. The van der Waals surface area contributed by atoms with Crippen molar-refractivity contribution in [2.45, 2.75) is 65.5 Å². The maximum absolute atomic E-state index is 13.1. The van der Waals surface area contributed by atoms with Gasteiger partial charge in [0.15, 0.2) is 5.65 Å². The Morgan fingerprint density at radius 2 is 2.03 bits per heavy atom. The molecule has 0 bridgehead atoms. The van der Waals surface area contributed by atoms with Crippen LogP contribution in [0.2, 0.25) is 0 Å². The van der Waals surface area contributed by atoms with Gasteiger partial charge in [-0.2, -0.15) is 4.98 Å². The van der Waals surface area contributed by atoms with Gasteiger partial charge < -0.3 is 10.6 Å². The molecule has 0 amide bonds. The van der Waals surface area contributed by atoms with E-state index in [1.54, 1.807) is 10.9 Å². The highest BCUT2D eigenvalue weighted by Crippen LogP contribution is 2.32. The minimum atomic E-state index is -0.112. The molecule has 178 valence electrons. The molecule has 34 heavy (non-hydrogen) atoms. The van der Waals surface area contributed by atoms with E-state index >= 15 is 0 Å². The number of benzene rings is 1. The Balaban J connectivity index is 1.57. The molecule has 0 aliphatic carbocycles. The van der Waals surface area contributed by atoms with Crippen molar-refractivity contribution in [1.29, 1.82) is 0 Å². The van der Waals surface area contributed by atoms with Gasteiger partial charge in [0.25, 0.3) is 5.56 Å². The highest BCUT2D eigenvalue weighted by Gasteiger charge is 2.27. The SMILES string of the molecule is CCn1c(=O)c2cnc(Nc3ccc4c(c3)CNCC4(C)C)nc2n1-c1nc(C(C)(C)C)cs1. The van der Waals surface area contributed by atoms with Gasteiger partial charge in [0.1, 0.15) is 5.39 Å². The molecule has 0 atom stereocenters. The molecular weight excluding hydrogens is 446 g/mol. The number of nitrogens with zero attached hydrogens (tertiary/aromatic N) is 5. The Labute approximate surface area is 203 Å². The van der Waals surface area contributed by atoms with Crippen LogP contribution in [0.4, 0.5) is 11.6 Å². The predicted molar refractivity (Wildman–Crippen MR) is 138 cm³/mol. The summed E-state index contributed by atoms with van der Waals surface area (Å²) in [5.74, 6) is 0.449. The summed E-state index contributed by atoms with van der Waals surface area (Å²) in [6.07, 6.45) is 1.61. The molecule has 8 nitrogen and oxygen atoms in total. The van der Waals surface area contributed by atoms with Crippen LogP contribution in [0.25, 0.3) is 16.2 Å². The first-order valence-electron chi connectivity index (χ1n) is 11.6. The summed E-state index contributed by atoms with van der Waals surface area (Å²) in [5.41, 5.74) is 5.01. The first-order chi connectivity index (χ1) is 16.1. The minimum absolute atomic E-state index is 0.0768. The van der Waals surface area contributed by atoms with Crippen LogP contribution < -0.4 is 16.2 Å². The van der Waals surface area contributed by atoms with Crippen LogP contribution >= 0.6 is 11.3 Å². The second-order valence-electron chi connectivity index (χ2n) is 10.5. The third-order valence-electron chi connectivity index (χ3n) is 6.39. The van der Waals surface area contributed by atoms with Crippen molar-refractivity contribution < 1.29 is 0 Å². The zero-order chi connectivity index (χ0) is 24.3. The molecular formula is C25H31N7OS. The largest absolute Gasteiger partial charge is 0.324 e. The molecule has 1 aliphatic rings.